The molecule has 0 fully saturated rings. The lowest BCUT2D eigenvalue weighted by atomic mass is 10.0. The minimum Gasteiger partial charge on any atom is -0.456 e. The Balaban J connectivity index is 1.25. The highest BCUT2D eigenvalue weighted by Crippen LogP contribution is 2.44. The van der Waals surface area contributed by atoms with Gasteiger partial charge in [-0.25, -0.2) is 0 Å². The summed E-state index contributed by atoms with van der Waals surface area (Å²) >= 11 is 1.88. The van der Waals surface area contributed by atoms with Crippen molar-refractivity contribution < 1.29 is 4.42 Å². The molecular weight excluding hydrogens is 543 g/mol. The Bertz CT molecular complexity index is 2450. The van der Waals surface area contributed by atoms with Gasteiger partial charge in [-0.1, -0.05) is 97.1 Å². The van der Waals surface area contributed by atoms with Crippen LogP contribution in [-0.4, -0.2) is 0 Å². The van der Waals surface area contributed by atoms with Crippen LogP contribution in [0, 0.1) is 0 Å². The molecule has 0 aliphatic carbocycles. The Labute approximate surface area is 252 Å². The standard InChI is InChI=1S/C40H25NOS/c1-2-8-26(9-3-1)27-14-17-29(18-15-27)41(30-19-22-38-35(24-30)33-12-6-7-13-37(33)42-38)31-20-23-39-36(25-31)34-21-16-28-10-4-5-11-32(28)40(34)43-39/h1-25H. The second-order valence-electron chi connectivity index (χ2n) is 11.0. The van der Waals surface area contributed by atoms with Gasteiger partial charge in [0.1, 0.15) is 11.2 Å². The van der Waals surface area contributed by atoms with Gasteiger partial charge in [-0.3, -0.25) is 0 Å². The molecule has 0 radical (unpaired) electrons. The molecule has 0 aliphatic heterocycles. The Morgan fingerprint density at radius 2 is 1.07 bits per heavy atom. The first kappa shape index (κ1) is 24.2. The molecule has 9 rings (SSSR count). The Kier molecular flexibility index (Phi) is 5.40. The van der Waals surface area contributed by atoms with Crippen LogP contribution in [0.15, 0.2) is 156 Å². The summed E-state index contributed by atoms with van der Waals surface area (Å²) in [5.41, 5.74) is 7.55. The van der Waals surface area contributed by atoms with E-state index >= 15 is 0 Å². The average Bonchev–Trinajstić information content (AvgIpc) is 3.64. The summed E-state index contributed by atoms with van der Waals surface area (Å²) in [5, 5.41) is 7.42. The molecule has 0 unspecified atom stereocenters. The van der Waals surface area contributed by atoms with Gasteiger partial charge in [0, 0.05) is 48.0 Å². The van der Waals surface area contributed by atoms with Crippen LogP contribution in [-0.2, 0) is 0 Å². The number of hydrogen-bond donors (Lipinski definition) is 0. The molecule has 0 aliphatic rings. The summed E-state index contributed by atoms with van der Waals surface area (Å²) in [6, 6.07) is 54.3. The molecule has 0 atom stereocenters. The van der Waals surface area contributed by atoms with Gasteiger partial charge < -0.3 is 9.32 Å². The van der Waals surface area contributed by atoms with Crippen LogP contribution in [0.3, 0.4) is 0 Å². The Hall–Kier alpha value is -5.38. The first-order chi connectivity index (χ1) is 21.3. The molecule has 0 bridgehead atoms. The first-order valence-corrected chi connectivity index (χ1v) is 15.3. The molecule has 0 spiro atoms. The predicted molar refractivity (Wildman–Crippen MR) is 184 cm³/mol. The van der Waals surface area contributed by atoms with Crippen molar-refractivity contribution in [2.45, 2.75) is 0 Å². The number of rotatable bonds is 4. The van der Waals surface area contributed by atoms with E-state index in [1.54, 1.807) is 0 Å². The predicted octanol–water partition coefficient (Wildman–Crippen LogP) is 12.2. The maximum atomic E-state index is 6.18. The van der Waals surface area contributed by atoms with Gasteiger partial charge in [-0.05, 0) is 76.5 Å². The van der Waals surface area contributed by atoms with Crippen LogP contribution >= 0.6 is 11.3 Å². The summed E-state index contributed by atoms with van der Waals surface area (Å²) in [7, 11) is 0. The molecule has 9 aromatic rings. The lowest BCUT2D eigenvalue weighted by Gasteiger charge is -2.26. The molecule has 202 valence electrons. The van der Waals surface area contributed by atoms with Crippen LogP contribution in [0.2, 0.25) is 0 Å². The highest BCUT2D eigenvalue weighted by Gasteiger charge is 2.18. The zero-order chi connectivity index (χ0) is 28.3. The van der Waals surface area contributed by atoms with Gasteiger partial charge in [0.2, 0.25) is 0 Å². The third-order valence-electron chi connectivity index (χ3n) is 8.45. The zero-order valence-electron chi connectivity index (χ0n) is 23.2. The highest BCUT2D eigenvalue weighted by atomic mass is 32.1. The van der Waals surface area contributed by atoms with E-state index in [9.17, 15) is 0 Å². The molecular formula is C40H25NOS. The Morgan fingerprint density at radius 3 is 1.93 bits per heavy atom. The summed E-state index contributed by atoms with van der Waals surface area (Å²) in [4.78, 5) is 2.36. The quantitative estimate of drug-likeness (QED) is 0.210. The lowest BCUT2D eigenvalue weighted by molar-refractivity contribution is 0.669. The van der Waals surface area contributed by atoms with Crippen LogP contribution < -0.4 is 4.90 Å². The molecule has 2 nitrogen and oxygen atoms in total. The summed E-state index contributed by atoms with van der Waals surface area (Å²) in [6.07, 6.45) is 0. The van der Waals surface area contributed by atoms with Crippen LogP contribution in [0.25, 0.3) is 64.0 Å². The fourth-order valence-electron chi connectivity index (χ4n) is 6.37. The van der Waals surface area contributed by atoms with E-state index in [4.69, 9.17) is 4.42 Å². The SMILES string of the molecule is c1ccc(-c2ccc(N(c3ccc4oc5ccccc5c4c3)c3ccc4sc5c6ccccc6ccc5c4c3)cc2)cc1. The van der Waals surface area contributed by atoms with Crippen molar-refractivity contribution in [1.29, 1.82) is 0 Å². The van der Waals surface area contributed by atoms with Crippen LogP contribution in [0.1, 0.15) is 0 Å². The molecule has 43 heavy (non-hydrogen) atoms. The number of hydrogen-bond acceptors (Lipinski definition) is 3. The van der Waals surface area contributed by atoms with Gasteiger partial charge in [-0.15, -0.1) is 11.3 Å². The number of fused-ring (bicyclic) bond motifs is 8. The monoisotopic (exact) mass is 567 g/mol. The third-order valence-corrected chi connectivity index (χ3v) is 9.67. The maximum Gasteiger partial charge on any atom is 0.135 e. The van der Waals surface area contributed by atoms with Gasteiger partial charge in [0.15, 0.2) is 0 Å². The lowest BCUT2D eigenvalue weighted by Crippen LogP contribution is -2.09. The summed E-state index contributed by atoms with van der Waals surface area (Å²) in [6.45, 7) is 0. The summed E-state index contributed by atoms with van der Waals surface area (Å²) < 4.78 is 8.82. The largest absolute Gasteiger partial charge is 0.456 e. The van der Waals surface area contributed by atoms with Crippen molar-refractivity contribution in [2.75, 3.05) is 4.90 Å². The van der Waals surface area contributed by atoms with Gasteiger partial charge >= 0.3 is 0 Å². The zero-order valence-corrected chi connectivity index (χ0v) is 24.0. The van der Waals surface area contributed by atoms with Gasteiger partial charge in [-0.2, -0.15) is 0 Å². The van der Waals surface area contributed by atoms with Crippen molar-refractivity contribution in [1.82, 2.24) is 0 Å². The first-order valence-electron chi connectivity index (χ1n) is 14.5. The van der Waals surface area contributed by atoms with E-state index < -0.39 is 0 Å². The van der Waals surface area contributed by atoms with Crippen molar-refractivity contribution >= 4 is 81.3 Å². The van der Waals surface area contributed by atoms with Gasteiger partial charge in [0.05, 0.1) is 0 Å². The number of furan rings is 1. The van der Waals surface area contributed by atoms with E-state index in [0.717, 1.165) is 39.0 Å². The number of nitrogens with zero attached hydrogens (tertiary/aromatic N) is 1. The highest BCUT2D eigenvalue weighted by molar-refractivity contribution is 7.26. The Morgan fingerprint density at radius 1 is 0.419 bits per heavy atom. The van der Waals surface area contributed by atoms with Crippen molar-refractivity contribution in [3.05, 3.63) is 152 Å². The topological polar surface area (TPSA) is 16.4 Å². The average molecular weight is 568 g/mol. The van der Waals surface area contributed by atoms with E-state index in [1.807, 2.05) is 23.5 Å². The third kappa shape index (κ3) is 3.93. The molecule has 7 aromatic carbocycles. The number of benzene rings is 7. The molecule has 0 N–H and O–H groups in total. The van der Waals surface area contributed by atoms with Crippen molar-refractivity contribution in [3.63, 3.8) is 0 Å². The molecule has 3 heteroatoms. The van der Waals surface area contributed by atoms with Gasteiger partial charge in [0.25, 0.3) is 0 Å². The smallest absolute Gasteiger partial charge is 0.135 e. The molecule has 0 amide bonds. The fraction of sp³-hybridized carbons (Fsp3) is 0. The number of thiophene rings is 1. The second kappa shape index (κ2) is 9.59. The van der Waals surface area contributed by atoms with E-state index in [-0.39, 0.29) is 0 Å². The van der Waals surface area contributed by atoms with E-state index in [2.05, 4.69) is 144 Å². The molecule has 2 heterocycles. The normalized spacial score (nSPS) is 11.7. The minimum absolute atomic E-state index is 0.899. The van der Waals surface area contributed by atoms with Crippen LogP contribution in [0.5, 0.6) is 0 Å². The number of anilines is 3. The minimum atomic E-state index is 0.899. The van der Waals surface area contributed by atoms with Crippen LogP contribution in [0.4, 0.5) is 17.1 Å². The molecule has 0 saturated carbocycles. The molecule has 2 aromatic heterocycles. The maximum absolute atomic E-state index is 6.18. The summed E-state index contributed by atoms with van der Waals surface area (Å²) in [5.74, 6) is 0. The van der Waals surface area contributed by atoms with E-state index in [1.165, 1.54) is 42.1 Å². The van der Waals surface area contributed by atoms with Crippen molar-refractivity contribution in [3.8, 4) is 11.1 Å². The van der Waals surface area contributed by atoms with E-state index in [0.29, 0.717) is 0 Å². The molecule has 0 saturated heterocycles. The van der Waals surface area contributed by atoms with Crippen molar-refractivity contribution in [2.24, 2.45) is 0 Å². The fourth-order valence-corrected chi connectivity index (χ4v) is 7.58. The second-order valence-corrected chi connectivity index (χ2v) is 12.0. The number of para-hydroxylation sites is 1.